The Kier molecular flexibility index (Phi) is 12.4. The van der Waals surface area contributed by atoms with Crippen molar-refractivity contribution in [2.24, 2.45) is 16.1 Å². The molecule has 2 rings (SSSR count). The third-order valence-corrected chi connectivity index (χ3v) is 5.12. The number of carbonyl (C=O) groups excluding carboxylic acids is 1. The number of anilines is 1. The molecule has 8 heteroatoms. The highest BCUT2D eigenvalue weighted by Crippen LogP contribution is 2.31. The smallest absolute Gasteiger partial charge is 0.249 e. The minimum Gasteiger partial charge on any atom is -0.398 e. The first kappa shape index (κ1) is 29.0. The van der Waals surface area contributed by atoms with Crippen molar-refractivity contribution in [1.29, 1.82) is 10.8 Å². The first-order chi connectivity index (χ1) is 16.7. The molecular formula is C27H36N6O2. The van der Waals surface area contributed by atoms with E-state index < -0.39 is 17.9 Å². The zero-order chi connectivity index (χ0) is 26.3. The van der Waals surface area contributed by atoms with Gasteiger partial charge >= 0.3 is 0 Å². The Morgan fingerprint density at radius 3 is 2.43 bits per heavy atom. The molecule has 0 aliphatic heterocycles. The van der Waals surface area contributed by atoms with Crippen LogP contribution in [0, 0.1) is 23.2 Å². The number of allylic oxidation sites excluding steroid dienone is 3. The second-order valence-corrected chi connectivity index (χ2v) is 8.04. The van der Waals surface area contributed by atoms with Crippen LogP contribution in [0.3, 0.4) is 0 Å². The first-order valence-electron chi connectivity index (χ1n) is 11.2. The molecule has 186 valence electrons. The normalized spacial score (nSPS) is 13.1. The Hall–Kier alpha value is -4.04. The predicted octanol–water partition coefficient (Wildman–Crippen LogP) is 3.93. The van der Waals surface area contributed by atoms with Crippen LogP contribution in [-0.2, 0) is 4.79 Å². The lowest BCUT2D eigenvalue weighted by Crippen LogP contribution is -2.28. The number of benzene rings is 2. The van der Waals surface area contributed by atoms with Gasteiger partial charge in [0.1, 0.15) is 18.8 Å². The molecule has 0 spiro atoms. The number of aliphatic hydroxyl groups is 1. The maximum Gasteiger partial charge on any atom is 0.249 e. The zero-order valence-corrected chi connectivity index (χ0v) is 20.6. The molecule has 0 bridgehead atoms. The van der Waals surface area contributed by atoms with Gasteiger partial charge in [0, 0.05) is 28.4 Å². The first-order valence-corrected chi connectivity index (χ1v) is 11.2. The number of aryl methyl sites for hydroxylation is 1. The summed E-state index contributed by atoms with van der Waals surface area (Å²) in [5.41, 5.74) is 14.2. The molecule has 0 radical (unpaired) electrons. The molecule has 0 aromatic heterocycles. The third-order valence-electron chi connectivity index (χ3n) is 5.12. The fourth-order valence-corrected chi connectivity index (χ4v) is 3.03. The van der Waals surface area contributed by atoms with Gasteiger partial charge in [-0.2, -0.15) is 0 Å². The molecule has 0 heterocycles. The van der Waals surface area contributed by atoms with E-state index in [2.05, 4.69) is 29.4 Å². The molecule has 1 atom stereocenters. The van der Waals surface area contributed by atoms with Gasteiger partial charge in [-0.15, -0.1) is 0 Å². The monoisotopic (exact) mass is 476 g/mol. The Bertz CT molecular complexity index is 1080. The van der Waals surface area contributed by atoms with E-state index in [1.165, 1.54) is 11.8 Å². The predicted molar refractivity (Wildman–Crippen MR) is 145 cm³/mol. The van der Waals surface area contributed by atoms with Crippen molar-refractivity contribution in [3.05, 3.63) is 89.6 Å². The molecule has 0 fully saturated rings. The van der Waals surface area contributed by atoms with E-state index in [9.17, 15) is 4.79 Å². The number of nitrogen functional groups attached to an aromatic ring is 1. The highest BCUT2D eigenvalue weighted by atomic mass is 16.3. The van der Waals surface area contributed by atoms with Crippen molar-refractivity contribution in [1.82, 2.24) is 5.32 Å². The van der Waals surface area contributed by atoms with E-state index in [-0.39, 0.29) is 11.5 Å². The van der Waals surface area contributed by atoms with Crippen molar-refractivity contribution in [3.63, 3.8) is 0 Å². The van der Waals surface area contributed by atoms with E-state index in [0.29, 0.717) is 23.2 Å². The van der Waals surface area contributed by atoms with Gasteiger partial charge < -0.3 is 27.3 Å². The van der Waals surface area contributed by atoms with Crippen molar-refractivity contribution in [2.75, 3.05) is 12.3 Å². The van der Waals surface area contributed by atoms with Crippen LogP contribution < -0.4 is 16.8 Å². The van der Waals surface area contributed by atoms with E-state index in [1.807, 2.05) is 44.2 Å². The number of hydrogen-bond acceptors (Lipinski definition) is 5. The molecule has 2 aromatic carbocycles. The number of nitrogens with two attached hydrogens (primary N) is 2. The van der Waals surface area contributed by atoms with Gasteiger partial charge in [-0.3, -0.25) is 10.2 Å². The van der Waals surface area contributed by atoms with Gasteiger partial charge in [-0.1, -0.05) is 68.0 Å². The standard InChI is InChI=1S/C20H28N6O2.C7H8/c1-3-4-5-8-20(2,9-10-25-17(28)12-27)18(23)15-11-14(6-7-16(15)22)19(24)26-13-21;1-7-5-3-2-4-6-7/h4-7,9-11,13,23,27H,3,8,12,22H2,1-2H3,(H,25,28)(H3,21,24,26);2-6H,1H3/b5-4-,10-9+,23-18?;. The Balaban J connectivity index is 0.000000744. The van der Waals surface area contributed by atoms with Crippen LogP contribution in [0.2, 0.25) is 0 Å². The average molecular weight is 477 g/mol. The second kappa shape index (κ2) is 15.0. The fraction of sp³-hybridized carbons (Fsp3) is 0.259. The summed E-state index contributed by atoms with van der Waals surface area (Å²) in [5.74, 6) is -0.381. The van der Waals surface area contributed by atoms with Gasteiger partial charge in [0.2, 0.25) is 5.91 Å². The Labute approximate surface area is 207 Å². The highest BCUT2D eigenvalue weighted by Gasteiger charge is 2.28. The number of aliphatic hydroxyl groups excluding tert-OH is 1. The molecule has 0 aliphatic rings. The summed E-state index contributed by atoms with van der Waals surface area (Å²) in [4.78, 5) is 15.0. The highest BCUT2D eigenvalue weighted by molar-refractivity contribution is 6.10. The summed E-state index contributed by atoms with van der Waals surface area (Å²) < 4.78 is 0. The number of amides is 1. The number of hydrogen-bond donors (Lipinski definition) is 6. The number of nitrogens with zero attached hydrogens (tertiary/aromatic N) is 1. The van der Waals surface area contributed by atoms with E-state index in [1.54, 1.807) is 24.3 Å². The Morgan fingerprint density at radius 1 is 1.20 bits per heavy atom. The van der Waals surface area contributed by atoms with Crippen LogP contribution >= 0.6 is 0 Å². The summed E-state index contributed by atoms with van der Waals surface area (Å²) >= 11 is 0. The van der Waals surface area contributed by atoms with Gasteiger partial charge in [0.15, 0.2) is 0 Å². The fourth-order valence-electron chi connectivity index (χ4n) is 3.03. The maximum absolute atomic E-state index is 11.3. The number of nitrogens with one attached hydrogen (secondary N) is 3. The number of aliphatic imine (C=N–C) groups is 1. The quantitative estimate of drug-likeness (QED) is 0.133. The molecule has 0 saturated heterocycles. The van der Waals surface area contributed by atoms with Gasteiger partial charge in [0.25, 0.3) is 0 Å². The molecule has 8 N–H and O–H groups in total. The number of rotatable bonds is 10. The largest absolute Gasteiger partial charge is 0.398 e. The van der Waals surface area contributed by atoms with Crippen LogP contribution in [0.5, 0.6) is 0 Å². The van der Waals surface area contributed by atoms with Crippen LogP contribution in [-0.4, -0.2) is 35.5 Å². The molecule has 1 unspecified atom stereocenters. The van der Waals surface area contributed by atoms with Crippen LogP contribution in [0.1, 0.15) is 43.4 Å². The summed E-state index contributed by atoms with van der Waals surface area (Å²) in [6, 6.07) is 15.3. The summed E-state index contributed by atoms with van der Waals surface area (Å²) in [6.45, 7) is 5.34. The molecule has 35 heavy (non-hydrogen) atoms. The van der Waals surface area contributed by atoms with Gasteiger partial charge in [-0.25, -0.2) is 4.99 Å². The minimum absolute atomic E-state index is 0.155. The zero-order valence-electron chi connectivity index (χ0n) is 20.6. The van der Waals surface area contributed by atoms with Crippen molar-refractivity contribution >= 4 is 29.5 Å². The maximum atomic E-state index is 11.3. The molecule has 2 aromatic rings. The molecule has 0 aliphatic carbocycles. The topological polar surface area (TPSA) is 161 Å². The van der Waals surface area contributed by atoms with Crippen LogP contribution in [0.4, 0.5) is 5.69 Å². The van der Waals surface area contributed by atoms with Gasteiger partial charge in [-0.05, 0) is 38.0 Å². The third kappa shape index (κ3) is 9.77. The summed E-state index contributed by atoms with van der Waals surface area (Å²) in [7, 11) is 0. The summed E-state index contributed by atoms with van der Waals surface area (Å²) in [6.07, 6.45) is 9.32. The van der Waals surface area contributed by atoms with E-state index in [0.717, 1.165) is 12.8 Å². The molecule has 1 amide bonds. The SMILES string of the molecule is CC/C=C\CC(C)(/C=C/NC(=O)CO)C(=N)c1cc(C(N)=NC=N)ccc1N.Cc1ccccc1. The van der Waals surface area contributed by atoms with E-state index in [4.69, 9.17) is 27.4 Å². The van der Waals surface area contributed by atoms with E-state index >= 15 is 0 Å². The number of carbonyl (C=O) groups is 1. The van der Waals surface area contributed by atoms with Crippen molar-refractivity contribution in [2.45, 2.75) is 33.6 Å². The van der Waals surface area contributed by atoms with Crippen molar-refractivity contribution in [3.8, 4) is 0 Å². The van der Waals surface area contributed by atoms with Crippen LogP contribution in [0.25, 0.3) is 0 Å². The number of amidine groups is 1. The average Bonchev–Trinajstić information content (AvgIpc) is 2.85. The Morgan fingerprint density at radius 2 is 1.89 bits per heavy atom. The molecule has 8 nitrogen and oxygen atoms in total. The van der Waals surface area contributed by atoms with Crippen LogP contribution in [0.15, 0.2) is 78.0 Å². The summed E-state index contributed by atoms with van der Waals surface area (Å²) in [5, 5.41) is 27.1. The lowest BCUT2D eigenvalue weighted by Gasteiger charge is -2.27. The minimum atomic E-state index is -0.769. The van der Waals surface area contributed by atoms with Crippen molar-refractivity contribution < 1.29 is 9.90 Å². The molecular weight excluding hydrogens is 440 g/mol. The lowest BCUT2D eigenvalue weighted by molar-refractivity contribution is -0.122. The molecule has 0 saturated carbocycles. The second-order valence-electron chi connectivity index (χ2n) is 8.04. The lowest BCUT2D eigenvalue weighted by atomic mass is 9.77. The van der Waals surface area contributed by atoms with Gasteiger partial charge in [0.05, 0.1) is 5.71 Å².